The fourth-order valence-electron chi connectivity index (χ4n) is 4.49. The standard InChI is InChI=1S/C35H30N2O6/c1-23(42-28-17-13-25(14-18-28)24-9-5-4-6-10-24)34(38)37-36-22-30-29-12-8-7-11-26(29)15-19-31(30)43-35(39)27-16-20-32(40-2)33(21-27)41-3/h4-23H,1-3H3,(H,37,38)/b36-22+. The normalized spacial score (nSPS) is 11.6. The number of fused-ring (bicyclic) bond motifs is 1. The monoisotopic (exact) mass is 574 g/mol. The molecule has 1 atom stereocenters. The minimum absolute atomic E-state index is 0.277. The fraction of sp³-hybridized carbons (Fsp3) is 0.114. The predicted molar refractivity (Wildman–Crippen MR) is 166 cm³/mol. The third kappa shape index (κ3) is 6.82. The van der Waals surface area contributed by atoms with E-state index in [0.29, 0.717) is 22.8 Å². The summed E-state index contributed by atoms with van der Waals surface area (Å²) in [4.78, 5) is 25.9. The molecule has 8 nitrogen and oxygen atoms in total. The number of hydrazone groups is 1. The average molecular weight is 575 g/mol. The van der Waals surface area contributed by atoms with Crippen molar-refractivity contribution in [3.8, 4) is 34.1 Å². The first kappa shape index (κ1) is 28.9. The molecule has 0 aliphatic carbocycles. The van der Waals surface area contributed by atoms with Gasteiger partial charge in [0.15, 0.2) is 17.6 Å². The number of hydrogen-bond acceptors (Lipinski definition) is 7. The molecule has 0 saturated heterocycles. The Morgan fingerprint density at radius 3 is 2.16 bits per heavy atom. The highest BCUT2D eigenvalue weighted by Crippen LogP contribution is 2.30. The van der Waals surface area contributed by atoms with E-state index in [9.17, 15) is 9.59 Å². The van der Waals surface area contributed by atoms with Gasteiger partial charge in [0.25, 0.3) is 5.91 Å². The molecule has 0 spiro atoms. The number of carbonyl (C=O) groups excluding carboxylic acids is 2. The van der Waals surface area contributed by atoms with E-state index in [2.05, 4.69) is 10.5 Å². The van der Waals surface area contributed by atoms with Gasteiger partial charge in [-0.05, 0) is 65.2 Å². The lowest BCUT2D eigenvalue weighted by molar-refractivity contribution is -0.127. The minimum atomic E-state index is -0.811. The molecule has 5 aromatic rings. The molecule has 0 radical (unpaired) electrons. The number of nitrogens with zero attached hydrogens (tertiary/aromatic N) is 1. The topological polar surface area (TPSA) is 95.5 Å². The maximum atomic E-state index is 13.1. The highest BCUT2D eigenvalue weighted by Gasteiger charge is 2.17. The Hall–Kier alpha value is -5.63. The van der Waals surface area contributed by atoms with Gasteiger partial charge in [0.05, 0.1) is 26.0 Å². The first-order chi connectivity index (χ1) is 21.0. The van der Waals surface area contributed by atoms with E-state index < -0.39 is 18.0 Å². The number of nitrogens with one attached hydrogen (secondary N) is 1. The van der Waals surface area contributed by atoms with Crippen LogP contribution in [-0.4, -0.2) is 38.4 Å². The van der Waals surface area contributed by atoms with Gasteiger partial charge >= 0.3 is 5.97 Å². The molecular weight excluding hydrogens is 544 g/mol. The van der Waals surface area contributed by atoms with Crippen molar-refractivity contribution in [3.63, 3.8) is 0 Å². The Bertz CT molecular complexity index is 1770. The SMILES string of the molecule is COc1ccc(C(=O)Oc2ccc3ccccc3c2/C=N/NC(=O)C(C)Oc2ccc(-c3ccccc3)cc2)cc1OC. The molecule has 1 unspecified atom stereocenters. The second-order valence-corrected chi connectivity index (χ2v) is 9.54. The Labute approximate surface area is 249 Å². The van der Waals surface area contributed by atoms with Crippen LogP contribution in [0.3, 0.4) is 0 Å². The van der Waals surface area contributed by atoms with Gasteiger partial charge in [-0.1, -0.05) is 72.8 Å². The second-order valence-electron chi connectivity index (χ2n) is 9.54. The van der Waals surface area contributed by atoms with Crippen LogP contribution >= 0.6 is 0 Å². The van der Waals surface area contributed by atoms with Crippen molar-refractivity contribution < 1.29 is 28.5 Å². The summed E-state index contributed by atoms with van der Waals surface area (Å²) >= 11 is 0. The molecule has 8 heteroatoms. The van der Waals surface area contributed by atoms with Crippen molar-refractivity contribution in [2.24, 2.45) is 5.10 Å². The zero-order valence-electron chi connectivity index (χ0n) is 23.9. The Morgan fingerprint density at radius 2 is 1.42 bits per heavy atom. The van der Waals surface area contributed by atoms with Crippen LogP contribution in [0.1, 0.15) is 22.8 Å². The van der Waals surface area contributed by atoms with Gasteiger partial charge in [-0.2, -0.15) is 5.10 Å². The summed E-state index contributed by atoms with van der Waals surface area (Å²) in [6, 6.07) is 33.4. The second kappa shape index (κ2) is 13.4. The van der Waals surface area contributed by atoms with Gasteiger partial charge in [0.2, 0.25) is 0 Å². The predicted octanol–water partition coefficient (Wildman–Crippen LogP) is 6.66. The maximum Gasteiger partial charge on any atom is 0.343 e. The molecule has 0 fully saturated rings. The highest BCUT2D eigenvalue weighted by atomic mass is 16.5. The van der Waals surface area contributed by atoms with Crippen molar-refractivity contribution >= 4 is 28.9 Å². The number of ether oxygens (including phenoxy) is 4. The fourth-order valence-corrected chi connectivity index (χ4v) is 4.49. The minimum Gasteiger partial charge on any atom is -0.493 e. The maximum absolute atomic E-state index is 13.1. The average Bonchev–Trinajstić information content (AvgIpc) is 3.05. The van der Waals surface area contributed by atoms with E-state index in [1.165, 1.54) is 20.4 Å². The number of rotatable bonds is 10. The van der Waals surface area contributed by atoms with E-state index in [-0.39, 0.29) is 11.3 Å². The summed E-state index contributed by atoms with van der Waals surface area (Å²) in [6.07, 6.45) is 0.647. The molecule has 0 aliphatic rings. The van der Waals surface area contributed by atoms with Gasteiger partial charge in [0, 0.05) is 5.56 Å². The third-order valence-electron chi connectivity index (χ3n) is 6.76. The van der Waals surface area contributed by atoms with Crippen LogP contribution in [0.5, 0.6) is 23.0 Å². The van der Waals surface area contributed by atoms with E-state index in [1.807, 2.05) is 84.9 Å². The number of hydrogen-bond donors (Lipinski definition) is 1. The van der Waals surface area contributed by atoms with E-state index in [1.54, 1.807) is 31.2 Å². The lowest BCUT2D eigenvalue weighted by atomic mass is 10.0. The number of benzene rings is 5. The summed E-state index contributed by atoms with van der Waals surface area (Å²) in [5.41, 5.74) is 5.48. The van der Waals surface area contributed by atoms with Gasteiger partial charge in [-0.25, -0.2) is 10.2 Å². The van der Waals surface area contributed by atoms with Crippen LogP contribution in [-0.2, 0) is 4.79 Å². The molecule has 0 aromatic heterocycles. The van der Waals surface area contributed by atoms with Crippen molar-refractivity contribution in [3.05, 3.63) is 120 Å². The molecule has 0 heterocycles. The molecule has 0 aliphatic heterocycles. The van der Waals surface area contributed by atoms with Crippen LogP contribution in [0.4, 0.5) is 0 Å². The Balaban J connectivity index is 1.29. The molecule has 1 N–H and O–H groups in total. The van der Waals surface area contributed by atoms with Crippen LogP contribution < -0.4 is 24.4 Å². The summed E-state index contributed by atoms with van der Waals surface area (Å²) in [7, 11) is 3.01. The number of methoxy groups -OCH3 is 2. The van der Waals surface area contributed by atoms with Crippen molar-refractivity contribution in [2.75, 3.05) is 14.2 Å². The van der Waals surface area contributed by atoms with Crippen molar-refractivity contribution in [2.45, 2.75) is 13.0 Å². The Kier molecular flexibility index (Phi) is 8.97. The molecule has 1 amide bonds. The third-order valence-corrected chi connectivity index (χ3v) is 6.76. The zero-order valence-corrected chi connectivity index (χ0v) is 23.9. The van der Waals surface area contributed by atoms with Gasteiger partial charge in [-0.15, -0.1) is 0 Å². The largest absolute Gasteiger partial charge is 0.493 e. The summed E-state index contributed by atoms with van der Waals surface area (Å²) in [5, 5.41) is 5.87. The van der Waals surface area contributed by atoms with E-state index in [4.69, 9.17) is 18.9 Å². The molecule has 0 saturated carbocycles. The molecule has 5 rings (SSSR count). The molecule has 43 heavy (non-hydrogen) atoms. The molecule has 0 bridgehead atoms. The van der Waals surface area contributed by atoms with Crippen molar-refractivity contribution in [1.82, 2.24) is 5.43 Å². The van der Waals surface area contributed by atoms with Crippen molar-refractivity contribution in [1.29, 1.82) is 0 Å². The van der Waals surface area contributed by atoms with Crippen LogP contribution in [0, 0.1) is 0 Å². The first-order valence-corrected chi connectivity index (χ1v) is 13.6. The van der Waals surface area contributed by atoms with Gasteiger partial charge < -0.3 is 18.9 Å². The quantitative estimate of drug-likeness (QED) is 0.0867. The zero-order chi connectivity index (χ0) is 30.2. The summed E-state index contributed by atoms with van der Waals surface area (Å²) in [6.45, 7) is 1.64. The molecule has 5 aromatic carbocycles. The lowest BCUT2D eigenvalue weighted by Gasteiger charge is -2.14. The smallest absolute Gasteiger partial charge is 0.343 e. The summed E-state index contributed by atoms with van der Waals surface area (Å²) in [5.74, 6) is 0.714. The van der Waals surface area contributed by atoms with E-state index in [0.717, 1.165) is 21.9 Å². The van der Waals surface area contributed by atoms with Gasteiger partial charge in [0.1, 0.15) is 11.5 Å². The number of amides is 1. The molecule has 216 valence electrons. The lowest BCUT2D eigenvalue weighted by Crippen LogP contribution is -2.33. The summed E-state index contributed by atoms with van der Waals surface area (Å²) < 4.78 is 22.2. The molecular formula is C35H30N2O6. The van der Waals surface area contributed by atoms with Crippen LogP contribution in [0.25, 0.3) is 21.9 Å². The first-order valence-electron chi connectivity index (χ1n) is 13.6. The number of esters is 1. The van der Waals surface area contributed by atoms with Crippen LogP contribution in [0.15, 0.2) is 114 Å². The van der Waals surface area contributed by atoms with Crippen LogP contribution in [0.2, 0.25) is 0 Å². The Morgan fingerprint density at radius 1 is 0.744 bits per heavy atom. The van der Waals surface area contributed by atoms with Gasteiger partial charge in [-0.3, -0.25) is 4.79 Å². The number of carbonyl (C=O) groups is 2. The highest BCUT2D eigenvalue weighted by molar-refractivity contribution is 6.04. The van der Waals surface area contributed by atoms with E-state index >= 15 is 0 Å².